The molecule has 4 heteroatoms. The highest BCUT2D eigenvalue weighted by atomic mass is 16.5. The summed E-state index contributed by atoms with van der Waals surface area (Å²) in [7, 11) is 0. The van der Waals surface area contributed by atoms with Crippen molar-refractivity contribution >= 4 is 11.9 Å². The second-order valence-electron chi connectivity index (χ2n) is 6.66. The number of carbonyl (C=O) groups is 2. The molecule has 0 aromatic rings. The predicted octanol–water partition coefficient (Wildman–Crippen LogP) is 4.72. The Bertz CT molecular complexity index is 731. The number of ether oxygens (including phenoxy) is 2. The highest BCUT2D eigenvalue weighted by molar-refractivity contribution is 5.86. The van der Waals surface area contributed by atoms with E-state index in [0.717, 1.165) is 19.3 Å². The summed E-state index contributed by atoms with van der Waals surface area (Å²) in [5.74, 6) is 0.121. The molecule has 2 rings (SSSR count). The van der Waals surface area contributed by atoms with Crippen LogP contribution in [0, 0.1) is 5.92 Å². The molecule has 0 spiro atoms. The molecule has 0 aromatic carbocycles. The molecule has 0 saturated heterocycles. The molecule has 138 valence electrons. The second kappa shape index (κ2) is 9.18. The van der Waals surface area contributed by atoms with Gasteiger partial charge in [-0.1, -0.05) is 43.9 Å². The lowest BCUT2D eigenvalue weighted by Gasteiger charge is -2.22. The van der Waals surface area contributed by atoms with E-state index in [1.165, 1.54) is 22.8 Å². The fraction of sp³-hybridized carbons (Fsp3) is 0.364. The van der Waals surface area contributed by atoms with Crippen LogP contribution in [-0.4, -0.2) is 18.5 Å². The summed E-state index contributed by atoms with van der Waals surface area (Å²) >= 11 is 0. The minimum absolute atomic E-state index is 0.196. The first-order valence-corrected chi connectivity index (χ1v) is 8.87. The van der Waals surface area contributed by atoms with E-state index in [1.54, 1.807) is 6.92 Å². The van der Waals surface area contributed by atoms with Gasteiger partial charge in [0.15, 0.2) is 0 Å². The molecular formula is C22H26O4. The minimum Gasteiger partial charge on any atom is -0.462 e. The number of esters is 2. The van der Waals surface area contributed by atoms with E-state index in [9.17, 15) is 9.59 Å². The average Bonchev–Trinajstić information content (AvgIpc) is 2.66. The van der Waals surface area contributed by atoms with Gasteiger partial charge >= 0.3 is 11.9 Å². The van der Waals surface area contributed by atoms with Crippen LogP contribution < -0.4 is 0 Å². The molecule has 0 aliphatic heterocycles. The van der Waals surface area contributed by atoms with Gasteiger partial charge in [-0.05, 0) is 43.4 Å². The molecular weight excluding hydrogens is 328 g/mol. The SMILES string of the molecule is C=CC(=O)OC1=CC=C(C2=CC=C(C(C)COC(=O)C(=C)C)CC2)CC1. The topological polar surface area (TPSA) is 52.6 Å². The fourth-order valence-corrected chi connectivity index (χ4v) is 2.90. The summed E-state index contributed by atoms with van der Waals surface area (Å²) in [5, 5.41) is 0. The zero-order valence-corrected chi connectivity index (χ0v) is 15.5. The van der Waals surface area contributed by atoms with Crippen LogP contribution in [0.1, 0.15) is 39.5 Å². The molecule has 1 atom stereocenters. The van der Waals surface area contributed by atoms with Gasteiger partial charge in [-0.25, -0.2) is 9.59 Å². The fourth-order valence-electron chi connectivity index (χ4n) is 2.90. The van der Waals surface area contributed by atoms with Crippen molar-refractivity contribution in [3.05, 3.63) is 71.6 Å². The van der Waals surface area contributed by atoms with Gasteiger partial charge in [0, 0.05) is 24.0 Å². The predicted molar refractivity (Wildman–Crippen MR) is 102 cm³/mol. The molecule has 4 nitrogen and oxygen atoms in total. The van der Waals surface area contributed by atoms with Crippen molar-refractivity contribution < 1.29 is 19.1 Å². The Morgan fingerprint density at radius 3 is 2.27 bits per heavy atom. The van der Waals surface area contributed by atoms with Gasteiger partial charge in [0.1, 0.15) is 5.76 Å². The molecule has 0 N–H and O–H groups in total. The maximum Gasteiger partial charge on any atom is 0.335 e. The van der Waals surface area contributed by atoms with Gasteiger partial charge in [-0.3, -0.25) is 0 Å². The Morgan fingerprint density at radius 1 is 1.12 bits per heavy atom. The van der Waals surface area contributed by atoms with Crippen molar-refractivity contribution in [3.63, 3.8) is 0 Å². The molecule has 0 saturated carbocycles. The molecule has 2 aliphatic rings. The molecule has 26 heavy (non-hydrogen) atoms. The standard InChI is InChI=1S/C22H26O4/c1-5-21(23)26-20-12-10-19(11-13-20)18-8-6-17(7-9-18)16(4)14-25-22(24)15(2)3/h5-6,8,10,12,16H,1-2,7,9,11,13-14H2,3-4H3. The highest BCUT2D eigenvalue weighted by Gasteiger charge is 2.18. The summed E-state index contributed by atoms with van der Waals surface area (Å²) < 4.78 is 10.4. The quantitative estimate of drug-likeness (QED) is 0.490. The van der Waals surface area contributed by atoms with Gasteiger partial charge in [0.05, 0.1) is 6.61 Å². The molecule has 0 fully saturated rings. The third-order valence-corrected chi connectivity index (χ3v) is 4.55. The Kier molecular flexibility index (Phi) is 6.96. The summed E-state index contributed by atoms with van der Waals surface area (Å²) in [6, 6.07) is 0. The normalized spacial score (nSPS) is 17.8. The first kappa shape index (κ1) is 19.7. The highest BCUT2D eigenvalue weighted by Crippen LogP contribution is 2.32. The lowest BCUT2D eigenvalue weighted by Crippen LogP contribution is -2.15. The first-order valence-electron chi connectivity index (χ1n) is 8.87. The van der Waals surface area contributed by atoms with Gasteiger partial charge in [0.2, 0.25) is 0 Å². The summed E-state index contributed by atoms with van der Waals surface area (Å²) in [4.78, 5) is 22.7. The lowest BCUT2D eigenvalue weighted by atomic mass is 9.85. The average molecular weight is 354 g/mol. The van der Waals surface area contributed by atoms with Gasteiger partial charge < -0.3 is 9.47 Å². The molecule has 0 heterocycles. The number of hydrogen-bond acceptors (Lipinski definition) is 4. The van der Waals surface area contributed by atoms with E-state index in [2.05, 4.69) is 32.2 Å². The monoisotopic (exact) mass is 354 g/mol. The second-order valence-corrected chi connectivity index (χ2v) is 6.66. The van der Waals surface area contributed by atoms with E-state index in [1.807, 2.05) is 12.2 Å². The summed E-state index contributed by atoms with van der Waals surface area (Å²) in [5.41, 5.74) is 4.30. The first-order chi connectivity index (χ1) is 12.4. The summed E-state index contributed by atoms with van der Waals surface area (Å²) in [6.45, 7) is 11.1. The third-order valence-electron chi connectivity index (χ3n) is 4.55. The number of allylic oxidation sites excluding steroid dienone is 7. The van der Waals surface area contributed by atoms with Gasteiger partial charge in [0.25, 0.3) is 0 Å². The number of carbonyl (C=O) groups excluding carboxylic acids is 2. The zero-order valence-electron chi connectivity index (χ0n) is 15.5. The van der Waals surface area contributed by atoms with Crippen molar-refractivity contribution in [2.75, 3.05) is 6.61 Å². The van der Waals surface area contributed by atoms with Gasteiger partial charge in [-0.15, -0.1) is 0 Å². The van der Waals surface area contributed by atoms with Crippen LogP contribution in [-0.2, 0) is 19.1 Å². The minimum atomic E-state index is -0.418. The van der Waals surface area contributed by atoms with Crippen LogP contribution in [0.15, 0.2) is 71.6 Å². The van der Waals surface area contributed by atoms with Crippen LogP contribution in [0.2, 0.25) is 0 Å². The van der Waals surface area contributed by atoms with E-state index in [4.69, 9.17) is 9.47 Å². The van der Waals surface area contributed by atoms with Crippen molar-refractivity contribution in [1.82, 2.24) is 0 Å². The zero-order chi connectivity index (χ0) is 19.1. The van der Waals surface area contributed by atoms with Crippen LogP contribution >= 0.6 is 0 Å². The molecule has 0 aromatic heterocycles. The van der Waals surface area contributed by atoms with Crippen LogP contribution in [0.5, 0.6) is 0 Å². The third kappa shape index (κ3) is 5.45. The maximum absolute atomic E-state index is 11.5. The Balaban J connectivity index is 1.95. The van der Waals surface area contributed by atoms with E-state index in [0.29, 0.717) is 24.4 Å². The molecule has 2 aliphatic carbocycles. The van der Waals surface area contributed by atoms with Crippen LogP contribution in [0.25, 0.3) is 0 Å². The van der Waals surface area contributed by atoms with Crippen molar-refractivity contribution in [3.8, 4) is 0 Å². The summed E-state index contributed by atoms with van der Waals surface area (Å²) in [6.07, 6.45) is 12.8. The Hall–Kier alpha value is -2.62. The molecule has 0 radical (unpaired) electrons. The Labute approximate surface area is 155 Å². The largest absolute Gasteiger partial charge is 0.462 e. The molecule has 1 unspecified atom stereocenters. The number of hydrogen-bond donors (Lipinski definition) is 0. The Morgan fingerprint density at radius 2 is 1.77 bits per heavy atom. The van der Waals surface area contributed by atoms with Crippen molar-refractivity contribution in [2.24, 2.45) is 5.92 Å². The maximum atomic E-state index is 11.5. The van der Waals surface area contributed by atoms with Gasteiger partial charge in [-0.2, -0.15) is 0 Å². The van der Waals surface area contributed by atoms with Crippen molar-refractivity contribution in [2.45, 2.75) is 39.5 Å². The lowest BCUT2D eigenvalue weighted by molar-refractivity contribution is -0.139. The molecule has 0 bridgehead atoms. The van der Waals surface area contributed by atoms with E-state index in [-0.39, 0.29) is 11.9 Å². The van der Waals surface area contributed by atoms with E-state index >= 15 is 0 Å². The van der Waals surface area contributed by atoms with E-state index < -0.39 is 5.97 Å². The van der Waals surface area contributed by atoms with Crippen molar-refractivity contribution in [1.29, 1.82) is 0 Å². The number of rotatable bonds is 7. The van der Waals surface area contributed by atoms with Crippen LogP contribution in [0.4, 0.5) is 0 Å². The molecule has 0 amide bonds. The smallest absolute Gasteiger partial charge is 0.335 e. The van der Waals surface area contributed by atoms with Crippen LogP contribution in [0.3, 0.4) is 0 Å².